The van der Waals surface area contributed by atoms with Crippen LogP contribution in [0.5, 0.6) is 0 Å². The van der Waals surface area contributed by atoms with E-state index in [1.165, 1.54) is 13.0 Å². The minimum Gasteiger partial charge on any atom is -0.478 e. The predicted molar refractivity (Wildman–Crippen MR) is 69.9 cm³/mol. The highest BCUT2D eigenvalue weighted by Crippen LogP contribution is 2.20. The average Bonchev–Trinajstić information content (AvgIpc) is 2.36. The molecule has 1 atom stereocenters. The van der Waals surface area contributed by atoms with Gasteiger partial charge in [0.1, 0.15) is 5.54 Å². The number of hydrogen-bond donors (Lipinski definition) is 2. The predicted octanol–water partition coefficient (Wildman–Crippen LogP) is 1.66. The molecule has 0 radical (unpaired) electrons. The van der Waals surface area contributed by atoms with Crippen LogP contribution in [-0.2, 0) is 15.1 Å². The molecule has 0 aliphatic heterocycles. The van der Waals surface area contributed by atoms with E-state index in [2.05, 4.69) is 11.4 Å². The van der Waals surface area contributed by atoms with Gasteiger partial charge in [-0.2, -0.15) is 5.26 Å². The van der Waals surface area contributed by atoms with Crippen molar-refractivity contribution in [2.24, 2.45) is 0 Å². The number of benzene rings is 1. The summed E-state index contributed by atoms with van der Waals surface area (Å²) in [6.45, 7) is 2.95. The summed E-state index contributed by atoms with van der Waals surface area (Å²) >= 11 is 0. The van der Waals surface area contributed by atoms with Gasteiger partial charge >= 0.3 is 5.97 Å². The Morgan fingerprint density at radius 3 is 2.37 bits per heavy atom. The standard InChI is InChI=1S/C14H14N2O3/c1-10(17)16-14(2,9-15)12-6-3-11(4-7-12)5-8-13(18)19/h3-8H,1-2H3,(H,16,17)(H,18,19). The highest BCUT2D eigenvalue weighted by Gasteiger charge is 2.26. The summed E-state index contributed by atoms with van der Waals surface area (Å²) in [5.74, 6) is -1.32. The molecule has 5 nitrogen and oxygen atoms in total. The van der Waals surface area contributed by atoms with Crippen LogP contribution in [0.25, 0.3) is 6.08 Å². The van der Waals surface area contributed by atoms with Crippen LogP contribution in [0.1, 0.15) is 25.0 Å². The van der Waals surface area contributed by atoms with E-state index in [0.717, 1.165) is 6.08 Å². The molecule has 98 valence electrons. The van der Waals surface area contributed by atoms with Gasteiger partial charge in [0.25, 0.3) is 0 Å². The monoisotopic (exact) mass is 258 g/mol. The maximum absolute atomic E-state index is 11.1. The lowest BCUT2D eigenvalue weighted by atomic mass is 9.92. The molecule has 1 amide bonds. The number of rotatable bonds is 4. The molecule has 19 heavy (non-hydrogen) atoms. The van der Waals surface area contributed by atoms with Gasteiger partial charge < -0.3 is 10.4 Å². The molecule has 5 heteroatoms. The molecule has 0 heterocycles. The molecule has 0 spiro atoms. The highest BCUT2D eigenvalue weighted by molar-refractivity contribution is 5.85. The number of amides is 1. The molecular formula is C14H14N2O3. The maximum atomic E-state index is 11.1. The van der Waals surface area contributed by atoms with Crippen molar-refractivity contribution in [1.29, 1.82) is 5.26 Å². The van der Waals surface area contributed by atoms with Gasteiger partial charge in [0, 0.05) is 13.0 Å². The Hall–Kier alpha value is -2.61. The van der Waals surface area contributed by atoms with E-state index in [1.54, 1.807) is 31.2 Å². The Bertz CT molecular complexity index is 555. The lowest BCUT2D eigenvalue weighted by molar-refractivity contribution is -0.131. The van der Waals surface area contributed by atoms with E-state index in [9.17, 15) is 14.9 Å². The summed E-state index contributed by atoms with van der Waals surface area (Å²) in [6, 6.07) is 8.79. The molecule has 0 aliphatic rings. The smallest absolute Gasteiger partial charge is 0.328 e. The second-order valence-corrected chi connectivity index (χ2v) is 4.21. The van der Waals surface area contributed by atoms with Gasteiger partial charge in [-0.3, -0.25) is 4.79 Å². The second kappa shape index (κ2) is 5.83. The van der Waals surface area contributed by atoms with Crippen LogP contribution >= 0.6 is 0 Å². The molecular weight excluding hydrogens is 244 g/mol. The average molecular weight is 258 g/mol. The number of carboxylic acid groups (broad SMARTS) is 1. The van der Waals surface area contributed by atoms with Crippen LogP contribution in [0.4, 0.5) is 0 Å². The molecule has 1 aromatic carbocycles. The minimum atomic E-state index is -1.10. The molecule has 1 aromatic rings. The number of nitriles is 1. The van der Waals surface area contributed by atoms with E-state index in [4.69, 9.17) is 5.11 Å². The van der Waals surface area contributed by atoms with Gasteiger partial charge in [-0.25, -0.2) is 4.79 Å². The van der Waals surface area contributed by atoms with Crippen molar-refractivity contribution in [1.82, 2.24) is 5.32 Å². The normalized spacial score (nSPS) is 13.5. The fraction of sp³-hybridized carbons (Fsp3) is 0.214. The van der Waals surface area contributed by atoms with Gasteiger partial charge in [-0.1, -0.05) is 24.3 Å². The first kappa shape index (κ1) is 14.5. The van der Waals surface area contributed by atoms with Gasteiger partial charge in [0.2, 0.25) is 5.91 Å². The number of carboxylic acids is 1. The lowest BCUT2D eigenvalue weighted by Crippen LogP contribution is -2.41. The van der Waals surface area contributed by atoms with Gasteiger partial charge in [-0.05, 0) is 24.1 Å². The van der Waals surface area contributed by atoms with E-state index in [1.807, 2.05) is 0 Å². The van der Waals surface area contributed by atoms with E-state index in [0.29, 0.717) is 11.1 Å². The second-order valence-electron chi connectivity index (χ2n) is 4.21. The van der Waals surface area contributed by atoms with Gasteiger partial charge in [0.15, 0.2) is 0 Å². The van der Waals surface area contributed by atoms with Crippen LogP contribution in [0.3, 0.4) is 0 Å². The first-order chi connectivity index (χ1) is 8.87. The lowest BCUT2D eigenvalue weighted by Gasteiger charge is -2.23. The van der Waals surface area contributed by atoms with Crippen LogP contribution in [0.2, 0.25) is 0 Å². The topological polar surface area (TPSA) is 90.2 Å². The minimum absolute atomic E-state index is 0.293. The Labute approximate surface area is 111 Å². The van der Waals surface area contributed by atoms with Gasteiger partial charge in [-0.15, -0.1) is 0 Å². The molecule has 1 rings (SSSR count). The Morgan fingerprint density at radius 2 is 1.95 bits per heavy atom. The number of carbonyl (C=O) groups excluding carboxylic acids is 1. The molecule has 0 fully saturated rings. The number of nitrogens with zero attached hydrogens (tertiary/aromatic N) is 1. The number of carbonyl (C=O) groups is 2. The van der Waals surface area contributed by atoms with Crippen molar-refractivity contribution in [2.45, 2.75) is 19.4 Å². The van der Waals surface area contributed by atoms with Crippen LogP contribution in [-0.4, -0.2) is 17.0 Å². The number of hydrogen-bond acceptors (Lipinski definition) is 3. The van der Waals surface area contributed by atoms with Gasteiger partial charge in [0.05, 0.1) is 6.07 Å². The molecule has 1 unspecified atom stereocenters. The van der Waals surface area contributed by atoms with Crippen molar-refractivity contribution < 1.29 is 14.7 Å². The summed E-state index contributed by atoms with van der Waals surface area (Å²) in [4.78, 5) is 21.5. The molecule has 0 bridgehead atoms. The fourth-order valence-corrected chi connectivity index (χ4v) is 1.61. The van der Waals surface area contributed by atoms with Crippen molar-refractivity contribution in [3.05, 3.63) is 41.5 Å². The molecule has 0 aromatic heterocycles. The zero-order chi connectivity index (χ0) is 14.5. The van der Waals surface area contributed by atoms with Crippen molar-refractivity contribution in [3.8, 4) is 6.07 Å². The Balaban J connectivity index is 3.00. The van der Waals surface area contributed by atoms with Crippen LogP contribution in [0, 0.1) is 11.3 Å². The summed E-state index contributed by atoms with van der Waals surface area (Å²) < 4.78 is 0. The highest BCUT2D eigenvalue weighted by atomic mass is 16.4. The van der Waals surface area contributed by atoms with E-state index in [-0.39, 0.29) is 5.91 Å². The molecule has 2 N–H and O–H groups in total. The quantitative estimate of drug-likeness (QED) is 0.803. The SMILES string of the molecule is CC(=O)NC(C)(C#N)c1ccc(C=CC(=O)O)cc1. The third kappa shape index (κ3) is 3.96. The summed E-state index contributed by atoms with van der Waals surface area (Å²) in [5, 5.41) is 20.3. The molecule has 0 saturated carbocycles. The first-order valence-corrected chi connectivity index (χ1v) is 5.59. The zero-order valence-electron chi connectivity index (χ0n) is 10.7. The Kier molecular flexibility index (Phi) is 4.43. The Morgan fingerprint density at radius 1 is 1.37 bits per heavy atom. The van der Waals surface area contributed by atoms with Crippen molar-refractivity contribution in [2.75, 3.05) is 0 Å². The number of nitrogens with one attached hydrogen (secondary N) is 1. The number of aliphatic carboxylic acids is 1. The summed E-state index contributed by atoms with van der Waals surface area (Å²) in [6.07, 6.45) is 2.49. The third-order valence-corrected chi connectivity index (χ3v) is 2.56. The van der Waals surface area contributed by atoms with E-state index >= 15 is 0 Å². The van der Waals surface area contributed by atoms with Crippen LogP contribution in [0.15, 0.2) is 30.3 Å². The summed E-state index contributed by atoms with van der Waals surface area (Å²) in [7, 11) is 0. The zero-order valence-corrected chi connectivity index (χ0v) is 10.7. The van der Waals surface area contributed by atoms with Crippen LogP contribution < -0.4 is 5.32 Å². The molecule has 0 aliphatic carbocycles. The largest absolute Gasteiger partial charge is 0.478 e. The van der Waals surface area contributed by atoms with E-state index < -0.39 is 11.5 Å². The maximum Gasteiger partial charge on any atom is 0.328 e. The summed E-state index contributed by atoms with van der Waals surface area (Å²) in [5.41, 5.74) is 0.243. The third-order valence-electron chi connectivity index (χ3n) is 2.56. The molecule has 0 saturated heterocycles. The van der Waals surface area contributed by atoms with Crippen molar-refractivity contribution >= 4 is 18.0 Å². The first-order valence-electron chi connectivity index (χ1n) is 5.59. The fourth-order valence-electron chi connectivity index (χ4n) is 1.61. The van der Waals surface area contributed by atoms with Crippen molar-refractivity contribution in [3.63, 3.8) is 0 Å².